The molecule has 2 N–H and O–H groups in total. The summed E-state index contributed by atoms with van der Waals surface area (Å²) in [5, 5.41) is 5.43. The first-order chi connectivity index (χ1) is 13.7. The highest BCUT2D eigenvalue weighted by Gasteiger charge is 2.32. The van der Waals surface area contributed by atoms with Gasteiger partial charge in [0, 0.05) is 17.3 Å². The molecular formula is C21H25N3O4S. The molecule has 0 radical (unpaired) electrons. The summed E-state index contributed by atoms with van der Waals surface area (Å²) >= 11 is 0. The number of carbonyl (C=O) groups excluding carboxylic acids is 2. The van der Waals surface area contributed by atoms with Crippen LogP contribution in [0.2, 0.25) is 0 Å². The van der Waals surface area contributed by atoms with Crippen molar-refractivity contribution in [2.45, 2.75) is 32.7 Å². The SMILES string of the molecule is CCc1ccccc1NC(=O)CNC(=O)c1ccc2c(c1)CC(C)N2S(C)(=O)=O. The summed E-state index contributed by atoms with van der Waals surface area (Å²) in [5.74, 6) is -0.686. The Kier molecular flexibility index (Phi) is 5.93. The average Bonchev–Trinajstić information content (AvgIpc) is 3.01. The van der Waals surface area contributed by atoms with Gasteiger partial charge in [-0.2, -0.15) is 0 Å². The van der Waals surface area contributed by atoms with Crippen molar-refractivity contribution in [1.82, 2.24) is 5.32 Å². The second kappa shape index (κ2) is 8.24. The summed E-state index contributed by atoms with van der Waals surface area (Å²) in [6.45, 7) is 3.69. The van der Waals surface area contributed by atoms with Crippen LogP contribution in [0, 0.1) is 0 Å². The maximum atomic E-state index is 12.5. The summed E-state index contributed by atoms with van der Waals surface area (Å²) in [5.41, 5.74) is 3.56. The van der Waals surface area contributed by atoms with Crippen LogP contribution in [0.3, 0.4) is 0 Å². The summed E-state index contributed by atoms with van der Waals surface area (Å²) in [4.78, 5) is 24.7. The van der Waals surface area contributed by atoms with Gasteiger partial charge in [-0.25, -0.2) is 8.42 Å². The van der Waals surface area contributed by atoms with E-state index in [2.05, 4.69) is 10.6 Å². The lowest BCUT2D eigenvalue weighted by atomic mass is 10.1. The van der Waals surface area contributed by atoms with Crippen molar-refractivity contribution >= 4 is 33.2 Å². The van der Waals surface area contributed by atoms with Crippen molar-refractivity contribution in [3.63, 3.8) is 0 Å². The number of benzene rings is 2. The minimum Gasteiger partial charge on any atom is -0.343 e. The molecule has 7 nitrogen and oxygen atoms in total. The van der Waals surface area contributed by atoms with Crippen LogP contribution in [0.5, 0.6) is 0 Å². The lowest BCUT2D eigenvalue weighted by molar-refractivity contribution is -0.115. The van der Waals surface area contributed by atoms with E-state index in [1.807, 2.05) is 38.1 Å². The van der Waals surface area contributed by atoms with E-state index in [-0.39, 0.29) is 24.4 Å². The molecule has 3 rings (SSSR count). The molecule has 154 valence electrons. The van der Waals surface area contributed by atoms with Gasteiger partial charge in [0.15, 0.2) is 0 Å². The highest BCUT2D eigenvalue weighted by Crippen LogP contribution is 2.34. The van der Waals surface area contributed by atoms with Gasteiger partial charge in [0.05, 0.1) is 18.5 Å². The lowest BCUT2D eigenvalue weighted by Gasteiger charge is -2.21. The van der Waals surface area contributed by atoms with Crippen LogP contribution in [0.4, 0.5) is 11.4 Å². The van der Waals surface area contributed by atoms with E-state index in [0.29, 0.717) is 17.7 Å². The number of hydrogen-bond donors (Lipinski definition) is 2. The highest BCUT2D eigenvalue weighted by atomic mass is 32.2. The molecule has 2 aromatic rings. The number of carbonyl (C=O) groups is 2. The largest absolute Gasteiger partial charge is 0.343 e. The quantitative estimate of drug-likeness (QED) is 0.757. The van der Waals surface area contributed by atoms with Crippen molar-refractivity contribution in [1.29, 1.82) is 0 Å². The molecule has 1 heterocycles. The molecule has 1 unspecified atom stereocenters. The van der Waals surface area contributed by atoms with Gasteiger partial charge in [-0.1, -0.05) is 25.1 Å². The fraction of sp³-hybridized carbons (Fsp3) is 0.333. The number of nitrogens with zero attached hydrogens (tertiary/aromatic N) is 1. The molecule has 29 heavy (non-hydrogen) atoms. The number of aryl methyl sites for hydroxylation is 1. The van der Waals surface area contributed by atoms with Gasteiger partial charge >= 0.3 is 0 Å². The first-order valence-corrected chi connectivity index (χ1v) is 11.3. The first kappa shape index (κ1) is 20.9. The Morgan fingerprint density at radius 3 is 2.59 bits per heavy atom. The van der Waals surface area contributed by atoms with Crippen molar-refractivity contribution in [2.24, 2.45) is 0 Å². The number of anilines is 2. The van der Waals surface area contributed by atoms with Crippen LogP contribution < -0.4 is 14.9 Å². The standard InChI is InChI=1S/C21H25N3O4S/c1-4-15-7-5-6-8-18(15)23-20(25)13-22-21(26)16-9-10-19-17(12-16)11-14(2)24(19)29(3,27)28/h5-10,12,14H,4,11,13H2,1-3H3,(H,22,26)(H,23,25). The maximum absolute atomic E-state index is 12.5. The van der Waals surface area contributed by atoms with Crippen LogP contribution in [0.1, 0.15) is 35.3 Å². The summed E-state index contributed by atoms with van der Waals surface area (Å²) in [6.07, 6.45) is 2.51. The van der Waals surface area contributed by atoms with E-state index in [1.165, 1.54) is 10.6 Å². The Labute approximate surface area is 171 Å². The number of amides is 2. The van der Waals surface area contributed by atoms with Crippen molar-refractivity contribution in [2.75, 3.05) is 22.4 Å². The van der Waals surface area contributed by atoms with Crippen LogP contribution in [-0.4, -0.2) is 39.1 Å². The second-order valence-corrected chi connectivity index (χ2v) is 9.06. The normalized spacial score (nSPS) is 15.7. The smallest absolute Gasteiger partial charge is 0.251 e. The van der Waals surface area contributed by atoms with Crippen LogP contribution in [0.15, 0.2) is 42.5 Å². The molecule has 1 atom stereocenters. The van der Waals surface area contributed by atoms with Crippen molar-refractivity contribution in [3.05, 3.63) is 59.2 Å². The van der Waals surface area contributed by atoms with E-state index in [0.717, 1.165) is 23.2 Å². The molecule has 1 aliphatic heterocycles. The molecule has 0 aliphatic carbocycles. The van der Waals surface area contributed by atoms with Crippen LogP contribution in [0.25, 0.3) is 0 Å². The Hall–Kier alpha value is -2.87. The Bertz CT molecular complexity index is 1050. The van der Waals surface area contributed by atoms with Crippen LogP contribution >= 0.6 is 0 Å². The maximum Gasteiger partial charge on any atom is 0.251 e. The molecule has 0 spiro atoms. The number of hydrogen-bond acceptors (Lipinski definition) is 4. The third kappa shape index (κ3) is 4.59. The first-order valence-electron chi connectivity index (χ1n) is 9.49. The number of sulfonamides is 1. The molecular weight excluding hydrogens is 390 g/mol. The van der Waals surface area contributed by atoms with E-state index in [1.54, 1.807) is 18.2 Å². The van der Waals surface area contributed by atoms with Gasteiger partial charge in [-0.05, 0) is 55.2 Å². The van der Waals surface area contributed by atoms with E-state index < -0.39 is 10.0 Å². The summed E-state index contributed by atoms with van der Waals surface area (Å²) in [6, 6.07) is 12.3. The van der Waals surface area contributed by atoms with E-state index in [9.17, 15) is 18.0 Å². The van der Waals surface area contributed by atoms with Crippen molar-refractivity contribution < 1.29 is 18.0 Å². The van der Waals surface area contributed by atoms with Gasteiger partial charge in [0.25, 0.3) is 5.91 Å². The van der Waals surface area contributed by atoms with Crippen molar-refractivity contribution in [3.8, 4) is 0 Å². The third-order valence-corrected chi connectivity index (χ3v) is 6.21. The molecule has 0 saturated heterocycles. The number of fused-ring (bicyclic) bond motifs is 1. The second-order valence-electron chi connectivity index (χ2n) is 7.20. The number of rotatable bonds is 6. The number of para-hydroxylation sites is 1. The van der Waals surface area contributed by atoms with Gasteiger partial charge in [-0.15, -0.1) is 0 Å². The Morgan fingerprint density at radius 2 is 1.90 bits per heavy atom. The van der Waals surface area contributed by atoms with Crippen LogP contribution in [-0.2, 0) is 27.7 Å². The van der Waals surface area contributed by atoms with E-state index in [4.69, 9.17) is 0 Å². The Balaban J connectivity index is 1.65. The number of nitrogens with one attached hydrogen (secondary N) is 2. The predicted octanol–water partition coefficient (Wildman–Crippen LogP) is 2.33. The lowest BCUT2D eigenvalue weighted by Crippen LogP contribution is -2.34. The monoisotopic (exact) mass is 415 g/mol. The molecule has 0 aromatic heterocycles. The summed E-state index contributed by atoms with van der Waals surface area (Å²) < 4.78 is 25.4. The molecule has 1 aliphatic rings. The predicted molar refractivity (Wildman–Crippen MR) is 114 cm³/mol. The zero-order chi connectivity index (χ0) is 21.2. The fourth-order valence-electron chi connectivity index (χ4n) is 3.66. The van der Waals surface area contributed by atoms with Gasteiger partial charge < -0.3 is 10.6 Å². The topological polar surface area (TPSA) is 95.6 Å². The fourth-order valence-corrected chi connectivity index (χ4v) is 4.92. The zero-order valence-electron chi connectivity index (χ0n) is 16.7. The van der Waals surface area contributed by atoms with Gasteiger partial charge in [0.1, 0.15) is 0 Å². The average molecular weight is 416 g/mol. The Morgan fingerprint density at radius 1 is 1.17 bits per heavy atom. The molecule has 2 amide bonds. The molecule has 2 aromatic carbocycles. The minimum atomic E-state index is -3.38. The minimum absolute atomic E-state index is 0.153. The molecule has 0 saturated carbocycles. The summed E-state index contributed by atoms with van der Waals surface area (Å²) in [7, 11) is -3.38. The van der Waals surface area contributed by atoms with Gasteiger partial charge in [0.2, 0.25) is 15.9 Å². The molecule has 8 heteroatoms. The zero-order valence-corrected chi connectivity index (χ0v) is 17.5. The molecule has 0 bridgehead atoms. The highest BCUT2D eigenvalue weighted by molar-refractivity contribution is 7.92. The van der Waals surface area contributed by atoms with E-state index >= 15 is 0 Å². The third-order valence-electron chi connectivity index (χ3n) is 4.93. The van der Waals surface area contributed by atoms with Gasteiger partial charge in [-0.3, -0.25) is 13.9 Å². The molecule has 0 fully saturated rings.